The van der Waals surface area contributed by atoms with Crippen LogP contribution in [0.4, 0.5) is 5.82 Å². The number of aromatic nitrogens is 3. The lowest BCUT2D eigenvalue weighted by Gasteiger charge is -2.00. The first-order valence-corrected chi connectivity index (χ1v) is 6.74. The van der Waals surface area contributed by atoms with Crippen molar-refractivity contribution in [2.24, 2.45) is 0 Å². The second-order valence-electron chi connectivity index (χ2n) is 3.88. The van der Waals surface area contributed by atoms with Crippen LogP contribution >= 0.6 is 11.8 Å². The summed E-state index contributed by atoms with van der Waals surface area (Å²) in [5.74, 6) is 0.690. The second kappa shape index (κ2) is 6.20. The minimum absolute atomic E-state index is 0.122. The van der Waals surface area contributed by atoms with Gasteiger partial charge in [0.05, 0.1) is 5.75 Å². The lowest BCUT2D eigenvalue weighted by molar-refractivity contribution is -0.645. The van der Waals surface area contributed by atoms with Gasteiger partial charge in [0.25, 0.3) is 5.03 Å². The SMILES string of the molecule is C=CCc1nc(CSc2cccc[n+]2[O-])[nH]c1[N+](=O)[O-]. The molecule has 20 heavy (non-hydrogen) atoms. The molecule has 7 nitrogen and oxygen atoms in total. The van der Waals surface area contributed by atoms with Crippen molar-refractivity contribution in [3.05, 3.63) is 63.9 Å². The van der Waals surface area contributed by atoms with E-state index in [1.807, 2.05) is 0 Å². The summed E-state index contributed by atoms with van der Waals surface area (Å²) >= 11 is 1.26. The Morgan fingerprint density at radius 2 is 2.35 bits per heavy atom. The van der Waals surface area contributed by atoms with E-state index in [1.54, 1.807) is 24.3 Å². The number of hydrogen-bond donors (Lipinski definition) is 1. The van der Waals surface area contributed by atoms with Crippen LogP contribution in [0.25, 0.3) is 0 Å². The third-order valence-electron chi connectivity index (χ3n) is 2.47. The molecular weight excluding hydrogens is 280 g/mol. The minimum Gasteiger partial charge on any atom is -0.618 e. The molecule has 8 heteroatoms. The number of allylic oxidation sites excluding steroid dienone is 1. The van der Waals surface area contributed by atoms with Crippen LogP contribution in [0.5, 0.6) is 0 Å². The number of thioether (sulfide) groups is 1. The first-order valence-electron chi connectivity index (χ1n) is 5.76. The molecule has 2 heterocycles. The van der Waals surface area contributed by atoms with Crippen LogP contribution in [0, 0.1) is 15.3 Å². The Bertz CT molecular complexity index is 641. The molecule has 0 saturated heterocycles. The first kappa shape index (κ1) is 14.1. The number of aromatic amines is 1. The molecule has 0 spiro atoms. The zero-order chi connectivity index (χ0) is 14.5. The number of H-pyrrole nitrogens is 1. The van der Waals surface area contributed by atoms with Crippen LogP contribution in [0.2, 0.25) is 0 Å². The van der Waals surface area contributed by atoms with E-state index in [4.69, 9.17) is 0 Å². The van der Waals surface area contributed by atoms with Crippen LogP contribution in [0.3, 0.4) is 0 Å². The number of hydrogen-bond acceptors (Lipinski definition) is 5. The quantitative estimate of drug-likeness (QED) is 0.219. The standard InChI is InChI=1S/C12H12N4O3S/c1-2-5-9-12(16(18)19)14-10(13-9)8-20-11-6-3-4-7-15(11)17/h2-4,6-7H,1,5,8H2,(H,13,14). The molecule has 0 aliphatic rings. The molecule has 0 fully saturated rings. The largest absolute Gasteiger partial charge is 0.618 e. The van der Waals surface area contributed by atoms with Crippen LogP contribution in [-0.2, 0) is 12.2 Å². The molecule has 0 amide bonds. The molecule has 1 N–H and O–H groups in total. The average molecular weight is 292 g/mol. The lowest BCUT2D eigenvalue weighted by Crippen LogP contribution is -2.27. The number of imidazole rings is 1. The summed E-state index contributed by atoms with van der Waals surface area (Å²) in [5, 5.41) is 22.9. The molecule has 2 rings (SSSR count). The van der Waals surface area contributed by atoms with Gasteiger partial charge in [-0.3, -0.25) is 0 Å². The third-order valence-corrected chi connectivity index (χ3v) is 3.50. The van der Waals surface area contributed by atoms with Gasteiger partial charge >= 0.3 is 5.82 Å². The van der Waals surface area contributed by atoms with Crippen LogP contribution < -0.4 is 4.73 Å². The van der Waals surface area contributed by atoms with E-state index >= 15 is 0 Å². The molecule has 0 aliphatic heterocycles. The molecule has 0 atom stereocenters. The Morgan fingerprint density at radius 3 is 3.00 bits per heavy atom. The fourth-order valence-corrected chi connectivity index (χ4v) is 2.40. The number of pyridine rings is 1. The van der Waals surface area contributed by atoms with E-state index in [9.17, 15) is 15.3 Å². The molecule has 0 aromatic carbocycles. The topological polar surface area (TPSA) is 98.8 Å². The highest BCUT2D eigenvalue weighted by atomic mass is 32.2. The number of nitrogens with zero attached hydrogens (tertiary/aromatic N) is 3. The molecule has 0 radical (unpaired) electrons. The van der Waals surface area contributed by atoms with Crippen molar-refractivity contribution >= 4 is 17.6 Å². The summed E-state index contributed by atoms with van der Waals surface area (Å²) in [5.41, 5.74) is 0.351. The molecule has 0 unspecified atom stereocenters. The zero-order valence-corrected chi connectivity index (χ0v) is 11.3. The third kappa shape index (κ3) is 3.15. The fourth-order valence-electron chi connectivity index (χ4n) is 1.62. The maximum atomic E-state index is 11.5. The summed E-state index contributed by atoms with van der Waals surface area (Å²) in [6.07, 6.45) is 3.28. The summed E-state index contributed by atoms with van der Waals surface area (Å²) in [7, 11) is 0. The monoisotopic (exact) mass is 292 g/mol. The van der Waals surface area contributed by atoms with Gasteiger partial charge in [0.1, 0.15) is 5.69 Å². The summed E-state index contributed by atoms with van der Waals surface area (Å²) in [4.78, 5) is 17.2. The van der Waals surface area contributed by atoms with Gasteiger partial charge in [0, 0.05) is 18.6 Å². The van der Waals surface area contributed by atoms with E-state index in [1.165, 1.54) is 18.0 Å². The number of rotatable bonds is 6. The van der Waals surface area contributed by atoms with Gasteiger partial charge in [-0.2, -0.15) is 4.73 Å². The normalized spacial score (nSPS) is 10.4. The highest BCUT2D eigenvalue weighted by Crippen LogP contribution is 2.22. The maximum Gasteiger partial charge on any atom is 0.344 e. The molecule has 104 valence electrons. The van der Waals surface area contributed by atoms with Crippen molar-refractivity contribution in [1.29, 1.82) is 0 Å². The van der Waals surface area contributed by atoms with Gasteiger partial charge in [0.2, 0.25) is 5.82 Å². The van der Waals surface area contributed by atoms with Crippen molar-refractivity contribution in [2.45, 2.75) is 17.2 Å². The average Bonchev–Trinajstić information content (AvgIpc) is 2.82. The Labute approximate surface area is 119 Å². The van der Waals surface area contributed by atoms with Crippen LogP contribution in [-0.4, -0.2) is 14.9 Å². The second-order valence-corrected chi connectivity index (χ2v) is 4.88. The Hall–Kier alpha value is -2.35. The molecule has 2 aromatic heterocycles. The van der Waals surface area contributed by atoms with Gasteiger partial charge in [0.15, 0.2) is 6.20 Å². The van der Waals surface area contributed by atoms with E-state index in [-0.39, 0.29) is 5.82 Å². The van der Waals surface area contributed by atoms with E-state index in [0.717, 1.165) is 4.73 Å². The predicted octanol–water partition coefficient (Wildman–Crippen LogP) is 1.97. The highest BCUT2D eigenvalue weighted by molar-refractivity contribution is 7.98. The first-order chi connectivity index (χ1) is 9.61. The van der Waals surface area contributed by atoms with Crippen LogP contribution in [0.15, 0.2) is 42.1 Å². The summed E-state index contributed by atoms with van der Waals surface area (Å²) in [6, 6.07) is 5.07. The lowest BCUT2D eigenvalue weighted by atomic mass is 10.3. The molecular formula is C12H12N4O3S. The summed E-state index contributed by atoms with van der Waals surface area (Å²) < 4.78 is 0.743. The number of nitro groups is 1. The highest BCUT2D eigenvalue weighted by Gasteiger charge is 2.19. The van der Waals surface area contributed by atoms with Crippen molar-refractivity contribution in [3.63, 3.8) is 0 Å². The zero-order valence-electron chi connectivity index (χ0n) is 10.5. The van der Waals surface area contributed by atoms with Gasteiger partial charge < -0.3 is 15.3 Å². The van der Waals surface area contributed by atoms with Crippen molar-refractivity contribution in [2.75, 3.05) is 0 Å². The minimum atomic E-state index is -0.504. The van der Waals surface area contributed by atoms with Gasteiger partial charge in [-0.1, -0.05) is 6.08 Å². The van der Waals surface area contributed by atoms with E-state index < -0.39 is 4.92 Å². The molecule has 2 aromatic rings. The fraction of sp³-hybridized carbons (Fsp3) is 0.167. The number of nitrogens with one attached hydrogen (secondary N) is 1. The molecule has 0 saturated carbocycles. The Morgan fingerprint density at radius 1 is 1.55 bits per heavy atom. The Balaban J connectivity index is 2.14. The maximum absolute atomic E-state index is 11.5. The Kier molecular flexibility index (Phi) is 4.36. The van der Waals surface area contributed by atoms with Gasteiger partial charge in [-0.25, -0.2) is 9.97 Å². The van der Waals surface area contributed by atoms with E-state index in [0.29, 0.717) is 28.7 Å². The predicted molar refractivity (Wildman–Crippen MR) is 74.1 cm³/mol. The van der Waals surface area contributed by atoms with Crippen molar-refractivity contribution < 1.29 is 9.65 Å². The van der Waals surface area contributed by atoms with Crippen molar-refractivity contribution in [1.82, 2.24) is 9.97 Å². The molecule has 0 bridgehead atoms. The van der Waals surface area contributed by atoms with Crippen LogP contribution in [0.1, 0.15) is 11.5 Å². The van der Waals surface area contributed by atoms with E-state index in [2.05, 4.69) is 16.5 Å². The summed E-state index contributed by atoms with van der Waals surface area (Å²) in [6.45, 7) is 3.54. The smallest absolute Gasteiger partial charge is 0.344 e. The van der Waals surface area contributed by atoms with Crippen molar-refractivity contribution in [3.8, 4) is 0 Å². The van der Waals surface area contributed by atoms with Gasteiger partial charge in [-0.15, -0.1) is 6.58 Å². The molecule has 0 aliphatic carbocycles. The van der Waals surface area contributed by atoms with Gasteiger partial charge in [-0.05, 0) is 22.8 Å².